The van der Waals surface area contributed by atoms with Gasteiger partial charge in [0.25, 0.3) is 5.91 Å². The number of nitrogens with zero attached hydrogens (tertiary/aromatic N) is 2. The average molecular weight is 222 g/mol. The van der Waals surface area contributed by atoms with E-state index < -0.39 is 5.97 Å². The molecule has 1 amide bonds. The van der Waals surface area contributed by atoms with Gasteiger partial charge in [-0.3, -0.25) is 14.6 Å². The van der Waals surface area contributed by atoms with Gasteiger partial charge in [-0.05, 0) is 26.0 Å². The molecule has 0 fully saturated rings. The number of carbonyl (C=O) groups is 2. The highest BCUT2D eigenvalue weighted by Gasteiger charge is 2.20. The van der Waals surface area contributed by atoms with E-state index >= 15 is 0 Å². The van der Waals surface area contributed by atoms with Crippen molar-refractivity contribution in [2.75, 3.05) is 6.54 Å². The predicted molar refractivity (Wildman–Crippen MR) is 58.0 cm³/mol. The van der Waals surface area contributed by atoms with Crippen molar-refractivity contribution in [2.45, 2.75) is 19.9 Å². The number of hydrogen-bond acceptors (Lipinski definition) is 3. The van der Waals surface area contributed by atoms with Crippen LogP contribution in [0.25, 0.3) is 0 Å². The van der Waals surface area contributed by atoms with E-state index in [1.807, 2.05) is 0 Å². The van der Waals surface area contributed by atoms with Crippen LogP contribution in [-0.2, 0) is 4.79 Å². The van der Waals surface area contributed by atoms with Gasteiger partial charge in [0.05, 0.1) is 0 Å². The highest BCUT2D eigenvalue weighted by molar-refractivity contribution is 5.95. The van der Waals surface area contributed by atoms with Crippen LogP contribution in [0.2, 0.25) is 0 Å². The molecule has 0 saturated carbocycles. The predicted octanol–water partition coefficient (Wildman–Crippen LogP) is 1.02. The normalized spacial score (nSPS) is 10.2. The molecule has 0 bridgehead atoms. The molecule has 0 aliphatic rings. The Morgan fingerprint density at radius 1 is 1.38 bits per heavy atom. The second-order valence-corrected chi connectivity index (χ2v) is 3.66. The number of carbonyl (C=O) groups excluding carboxylic acids is 1. The second-order valence-electron chi connectivity index (χ2n) is 3.66. The van der Waals surface area contributed by atoms with Crippen molar-refractivity contribution in [3.8, 4) is 0 Å². The largest absolute Gasteiger partial charge is 0.480 e. The summed E-state index contributed by atoms with van der Waals surface area (Å²) in [5.74, 6) is -1.31. The number of amides is 1. The van der Waals surface area contributed by atoms with Crippen LogP contribution < -0.4 is 0 Å². The molecule has 0 unspecified atom stereocenters. The molecule has 0 atom stereocenters. The van der Waals surface area contributed by atoms with Gasteiger partial charge in [-0.1, -0.05) is 0 Å². The summed E-state index contributed by atoms with van der Waals surface area (Å²) in [6.07, 6.45) is 3.01. The third-order valence-electron chi connectivity index (χ3n) is 2.12. The Kier molecular flexibility index (Phi) is 3.99. The van der Waals surface area contributed by atoms with Crippen LogP contribution in [0.15, 0.2) is 24.5 Å². The van der Waals surface area contributed by atoms with Gasteiger partial charge < -0.3 is 10.0 Å². The van der Waals surface area contributed by atoms with Crippen LogP contribution in [0.1, 0.15) is 24.2 Å². The molecule has 0 aliphatic heterocycles. The van der Waals surface area contributed by atoms with Crippen LogP contribution in [0.3, 0.4) is 0 Å². The van der Waals surface area contributed by atoms with E-state index in [0.29, 0.717) is 5.56 Å². The molecule has 5 nitrogen and oxygen atoms in total. The minimum Gasteiger partial charge on any atom is -0.480 e. The first-order valence-corrected chi connectivity index (χ1v) is 4.95. The quantitative estimate of drug-likeness (QED) is 0.825. The topological polar surface area (TPSA) is 70.5 Å². The van der Waals surface area contributed by atoms with Gasteiger partial charge in [-0.2, -0.15) is 0 Å². The lowest BCUT2D eigenvalue weighted by Crippen LogP contribution is -2.40. The molecular weight excluding hydrogens is 208 g/mol. The van der Waals surface area contributed by atoms with E-state index in [1.165, 1.54) is 17.3 Å². The Balaban J connectivity index is 2.88. The fraction of sp³-hybridized carbons (Fsp3) is 0.364. The smallest absolute Gasteiger partial charge is 0.323 e. The summed E-state index contributed by atoms with van der Waals surface area (Å²) in [4.78, 5) is 27.7. The van der Waals surface area contributed by atoms with Crippen LogP contribution in [0.5, 0.6) is 0 Å². The Morgan fingerprint density at radius 2 is 1.94 bits per heavy atom. The zero-order valence-corrected chi connectivity index (χ0v) is 9.25. The molecular formula is C11H14N2O3. The SMILES string of the molecule is CC(C)N(CC(=O)O)C(=O)c1ccncc1. The minimum atomic E-state index is -1.02. The van der Waals surface area contributed by atoms with Crippen LogP contribution in [0.4, 0.5) is 0 Å². The van der Waals surface area contributed by atoms with E-state index in [1.54, 1.807) is 26.0 Å². The molecule has 86 valence electrons. The first kappa shape index (κ1) is 12.2. The van der Waals surface area contributed by atoms with Gasteiger partial charge in [0.1, 0.15) is 6.54 Å². The number of carboxylic acid groups (broad SMARTS) is 1. The lowest BCUT2D eigenvalue weighted by Gasteiger charge is -2.24. The lowest BCUT2D eigenvalue weighted by molar-refractivity contribution is -0.138. The summed E-state index contributed by atoms with van der Waals surface area (Å²) in [6.45, 7) is 3.27. The molecule has 1 aromatic rings. The number of hydrogen-bond donors (Lipinski definition) is 1. The molecule has 1 N–H and O–H groups in total. The Bertz CT molecular complexity index is 376. The van der Waals surface area contributed by atoms with Crippen molar-refractivity contribution in [1.29, 1.82) is 0 Å². The number of aliphatic carboxylic acids is 1. The fourth-order valence-electron chi connectivity index (χ4n) is 1.29. The van der Waals surface area contributed by atoms with Crippen molar-refractivity contribution in [3.05, 3.63) is 30.1 Å². The standard InChI is InChI=1S/C11H14N2O3/c1-8(2)13(7-10(14)15)11(16)9-3-5-12-6-4-9/h3-6,8H,7H2,1-2H3,(H,14,15). The highest BCUT2D eigenvalue weighted by atomic mass is 16.4. The van der Waals surface area contributed by atoms with E-state index in [-0.39, 0.29) is 18.5 Å². The first-order chi connectivity index (χ1) is 7.52. The highest BCUT2D eigenvalue weighted by Crippen LogP contribution is 2.07. The number of aromatic nitrogens is 1. The third-order valence-corrected chi connectivity index (χ3v) is 2.12. The molecule has 1 heterocycles. The molecule has 16 heavy (non-hydrogen) atoms. The molecule has 1 aromatic heterocycles. The van der Waals surface area contributed by atoms with Crippen molar-refractivity contribution < 1.29 is 14.7 Å². The molecule has 0 radical (unpaired) electrons. The Labute approximate surface area is 93.7 Å². The molecule has 1 rings (SSSR count). The number of rotatable bonds is 4. The van der Waals surface area contributed by atoms with Crippen molar-refractivity contribution in [3.63, 3.8) is 0 Å². The van der Waals surface area contributed by atoms with E-state index in [4.69, 9.17) is 5.11 Å². The van der Waals surface area contributed by atoms with Crippen molar-refractivity contribution >= 4 is 11.9 Å². The van der Waals surface area contributed by atoms with Gasteiger partial charge in [0.15, 0.2) is 0 Å². The monoisotopic (exact) mass is 222 g/mol. The van der Waals surface area contributed by atoms with Crippen molar-refractivity contribution in [2.24, 2.45) is 0 Å². The Hall–Kier alpha value is -1.91. The summed E-state index contributed by atoms with van der Waals surface area (Å²) >= 11 is 0. The van der Waals surface area contributed by atoms with E-state index in [9.17, 15) is 9.59 Å². The van der Waals surface area contributed by atoms with E-state index in [2.05, 4.69) is 4.98 Å². The average Bonchev–Trinajstić information content (AvgIpc) is 2.25. The summed E-state index contributed by atoms with van der Waals surface area (Å²) in [5, 5.41) is 8.72. The molecule has 0 aliphatic carbocycles. The van der Waals surface area contributed by atoms with E-state index in [0.717, 1.165) is 0 Å². The summed E-state index contributed by atoms with van der Waals surface area (Å²) in [7, 11) is 0. The maximum Gasteiger partial charge on any atom is 0.323 e. The molecule has 0 saturated heterocycles. The fourth-order valence-corrected chi connectivity index (χ4v) is 1.29. The van der Waals surface area contributed by atoms with Gasteiger partial charge >= 0.3 is 5.97 Å². The van der Waals surface area contributed by atoms with Gasteiger partial charge in [-0.25, -0.2) is 0 Å². The van der Waals surface area contributed by atoms with Gasteiger partial charge in [0, 0.05) is 24.0 Å². The van der Waals surface area contributed by atoms with Crippen LogP contribution in [0, 0.1) is 0 Å². The first-order valence-electron chi connectivity index (χ1n) is 4.95. The molecule has 0 aromatic carbocycles. The maximum atomic E-state index is 12.0. The minimum absolute atomic E-state index is 0.156. The Morgan fingerprint density at radius 3 is 2.38 bits per heavy atom. The maximum absolute atomic E-state index is 12.0. The summed E-state index contributed by atoms with van der Waals surface area (Å²) < 4.78 is 0. The van der Waals surface area contributed by atoms with Crippen LogP contribution in [-0.4, -0.2) is 39.5 Å². The number of carboxylic acids is 1. The van der Waals surface area contributed by atoms with Gasteiger partial charge in [0.2, 0.25) is 0 Å². The number of pyridine rings is 1. The summed E-state index contributed by atoms with van der Waals surface area (Å²) in [5.41, 5.74) is 0.449. The van der Waals surface area contributed by atoms with Gasteiger partial charge in [-0.15, -0.1) is 0 Å². The molecule has 5 heteroatoms. The summed E-state index contributed by atoms with van der Waals surface area (Å²) in [6, 6.07) is 2.98. The molecule has 0 spiro atoms. The zero-order chi connectivity index (χ0) is 12.1. The van der Waals surface area contributed by atoms with Crippen LogP contribution >= 0.6 is 0 Å². The zero-order valence-electron chi connectivity index (χ0n) is 9.25. The lowest BCUT2D eigenvalue weighted by atomic mass is 10.2. The third kappa shape index (κ3) is 3.05. The van der Waals surface area contributed by atoms with Crippen molar-refractivity contribution in [1.82, 2.24) is 9.88 Å². The second kappa shape index (κ2) is 5.25.